The molecule has 0 spiro atoms. The number of carbonyl (C=O) groups excluding carboxylic acids is 1. The molecular weight excluding hydrogens is 493 g/mol. The van der Waals surface area contributed by atoms with Crippen molar-refractivity contribution in [2.45, 2.75) is 49.6 Å². The van der Waals surface area contributed by atoms with Crippen LogP contribution in [-0.4, -0.2) is 80.9 Å². The van der Waals surface area contributed by atoms with E-state index in [4.69, 9.17) is 34.8 Å². The summed E-state index contributed by atoms with van der Waals surface area (Å²) in [6.07, 6.45) is -2.95. The number of alkyl halides is 3. The SMILES string of the molecule is CN(CC(CC(O)CO)(CN(C(=O)O)C(C)(C)C)c1ccc(Cl)c(Cl)c1)C(=O)C(F)(F)Cl. The van der Waals surface area contributed by atoms with Crippen LogP contribution < -0.4 is 0 Å². The van der Waals surface area contributed by atoms with Crippen LogP contribution in [0.1, 0.15) is 32.8 Å². The summed E-state index contributed by atoms with van der Waals surface area (Å²) in [5, 5.41) is 25.7. The Morgan fingerprint density at radius 1 is 1.12 bits per heavy atom. The molecule has 3 N–H and O–H groups in total. The lowest BCUT2D eigenvalue weighted by Crippen LogP contribution is -2.57. The van der Waals surface area contributed by atoms with Crippen molar-refractivity contribution in [1.29, 1.82) is 0 Å². The second-order valence-electron chi connectivity index (χ2n) is 8.65. The third-order valence-corrected chi connectivity index (χ3v) is 5.90. The third-order valence-electron chi connectivity index (χ3n) is 5.00. The van der Waals surface area contributed by atoms with E-state index in [0.717, 1.165) is 11.9 Å². The molecule has 2 unspecified atom stereocenters. The number of aliphatic hydroxyl groups excluding tert-OH is 2. The summed E-state index contributed by atoms with van der Waals surface area (Å²) in [5.41, 5.74) is -2.07. The summed E-state index contributed by atoms with van der Waals surface area (Å²) in [4.78, 5) is 25.9. The Labute approximate surface area is 200 Å². The summed E-state index contributed by atoms with van der Waals surface area (Å²) in [6, 6.07) is 4.34. The predicted octanol–water partition coefficient (Wildman–Crippen LogP) is 4.04. The molecule has 2 amide bonds. The first-order valence-electron chi connectivity index (χ1n) is 9.52. The van der Waals surface area contributed by atoms with Crippen LogP contribution >= 0.6 is 34.8 Å². The number of rotatable bonds is 9. The molecule has 12 heteroatoms. The van der Waals surface area contributed by atoms with Crippen molar-refractivity contribution >= 4 is 46.8 Å². The molecule has 182 valence electrons. The molecule has 0 bridgehead atoms. The minimum Gasteiger partial charge on any atom is -0.465 e. The zero-order chi connectivity index (χ0) is 25.1. The van der Waals surface area contributed by atoms with Gasteiger partial charge in [0.15, 0.2) is 0 Å². The van der Waals surface area contributed by atoms with E-state index in [2.05, 4.69) is 0 Å². The number of likely N-dealkylation sites (N-methyl/N-ethyl adjacent to an activating group) is 1. The van der Waals surface area contributed by atoms with Crippen molar-refractivity contribution in [2.75, 3.05) is 26.7 Å². The summed E-state index contributed by atoms with van der Waals surface area (Å²) in [5.74, 6) is -1.71. The lowest BCUT2D eigenvalue weighted by Gasteiger charge is -2.45. The molecule has 32 heavy (non-hydrogen) atoms. The van der Waals surface area contributed by atoms with Crippen molar-refractivity contribution in [2.24, 2.45) is 0 Å². The van der Waals surface area contributed by atoms with Gasteiger partial charge in [-0.05, 0) is 56.5 Å². The average Bonchev–Trinajstić information content (AvgIpc) is 2.65. The maximum Gasteiger partial charge on any atom is 0.407 e. The highest BCUT2D eigenvalue weighted by Crippen LogP contribution is 2.37. The van der Waals surface area contributed by atoms with Crippen molar-refractivity contribution in [3.63, 3.8) is 0 Å². The highest BCUT2D eigenvalue weighted by atomic mass is 35.5. The first-order chi connectivity index (χ1) is 14.4. The van der Waals surface area contributed by atoms with E-state index in [0.29, 0.717) is 10.5 Å². The van der Waals surface area contributed by atoms with Crippen LogP contribution in [0.5, 0.6) is 0 Å². The Bertz CT molecular complexity index is 832. The van der Waals surface area contributed by atoms with Crippen molar-refractivity contribution < 1.29 is 33.7 Å². The van der Waals surface area contributed by atoms with Crippen LogP contribution in [0.15, 0.2) is 18.2 Å². The number of hydrogen-bond donors (Lipinski definition) is 3. The minimum absolute atomic E-state index is 0.0984. The van der Waals surface area contributed by atoms with Gasteiger partial charge in [-0.15, -0.1) is 0 Å². The van der Waals surface area contributed by atoms with Gasteiger partial charge in [0.05, 0.1) is 22.8 Å². The molecule has 0 aromatic heterocycles. The number of amides is 2. The summed E-state index contributed by atoms with van der Waals surface area (Å²) >= 11 is 17.1. The van der Waals surface area contributed by atoms with Crippen molar-refractivity contribution in [3.8, 4) is 0 Å². The van der Waals surface area contributed by atoms with E-state index < -0.39 is 47.6 Å². The summed E-state index contributed by atoms with van der Waals surface area (Å²) in [7, 11) is 1.08. The van der Waals surface area contributed by atoms with Gasteiger partial charge in [-0.2, -0.15) is 8.78 Å². The Balaban J connectivity index is 3.74. The summed E-state index contributed by atoms with van der Waals surface area (Å²) < 4.78 is 27.0. The van der Waals surface area contributed by atoms with Gasteiger partial charge >= 0.3 is 17.4 Å². The Hall–Kier alpha value is -1.39. The van der Waals surface area contributed by atoms with Crippen molar-refractivity contribution in [1.82, 2.24) is 9.80 Å². The number of aliphatic hydroxyl groups is 2. The van der Waals surface area contributed by atoms with Crippen molar-refractivity contribution in [3.05, 3.63) is 33.8 Å². The zero-order valence-corrected chi connectivity index (χ0v) is 20.3. The molecule has 0 aliphatic heterocycles. The quantitative estimate of drug-likeness (QED) is 0.428. The maximum atomic E-state index is 13.5. The third kappa shape index (κ3) is 7.31. The highest BCUT2D eigenvalue weighted by Gasteiger charge is 2.45. The van der Waals surface area contributed by atoms with E-state index in [1.807, 2.05) is 0 Å². The van der Waals surface area contributed by atoms with Gasteiger partial charge in [-0.1, -0.05) is 29.3 Å². The van der Waals surface area contributed by atoms with E-state index in [1.165, 1.54) is 18.2 Å². The van der Waals surface area contributed by atoms with Gasteiger partial charge in [0, 0.05) is 31.1 Å². The van der Waals surface area contributed by atoms with E-state index in [-0.39, 0.29) is 23.0 Å². The lowest BCUT2D eigenvalue weighted by molar-refractivity contribution is -0.146. The van der Waals surface area contributed by atoms with Crippen LogP contribution in [0.4, 0.5) is 13.6 Å². The first kappa shape index (κ1) is 28.6. The fraction of sp³-hybridized carbons (Fsp3) is 0.600. The topological polar surface area (TPSA) is 101 Å². The van der Waals surface area contributed by atoms with Crippen LogP contribution in [0.25, 0.3) is 0 Å². The number of hydrogen-bond acceptors (Lipinski definition) is 4. The monoisotopic (exact) mass is 518 g/mol. The number of nitrogens with zero attached hydrogens (tertiary/aromatic N) is 2. The molecule has 1 rings (SSSR count). The fourth-order valence-electron chi connectivity index (χ4n) is 3.46. The molecule has 0 aliphatic rings. The molecule has 0 radical (unpaired) electrons. The highest BCUT2D eigenvalue weighted by molar-refractivity contribution is 6.42. The van der Waals surface area contributed by atoms with E-state index >= 15 is 0 Å². The maximum absolute atomic E-state index is 13.5. The van der Waals surface area contributed by atoms with Gasteiger partial charge in [0.25, 0.3) is 0 Å². The van der Waals surface area contributed by atoms with E-state index in [9.17, 15) is 33.7 Å². The predicted molar refractivity (Wildman–Crippen MR) is 119 cm³/mol. The molecule has 0 saturated heterocycles. The minimum atomic E-state index is -4.19. The Kier molecular flexibility index (Phi) is 9.57. The van der Waals surface area contributed by atoms with Crippen LogP contribution in [0, 0.1) is 0 Å². The van der Waals surface area contributed by atoms with Gasteiger partial charge in [0.2, 0.25) is 0 Å². The average molecular weight is 520 g/mol. The first-order valence-corrected chi connectivity index (χ1v) is 10.7. The number of halogens is 5. The Morgan fingerprint density at radius 2 is 1.69 bits per heavy atom. The molecule has 0 aliphatic carbocycles. The van der Waals surface area contributed by atoms with Crippen LogP contribution in [0.2, 0.25) is 10.0 Å². The van der Waals surface area contributed by atoms with Gasteiger partial charge in [-0.25, -0.2) is 4.79 Å². The standard InChI is InChI=1S/C20H27Cl3F2N2O5/c1-18(2,3)27(17(31)32)11-19(8-13(29)9-28,10-26(4)16(30)20(23,24)25)12-5-6-14(21)15(22)7-12/h5-7,13,28-29H,8-11H2,1-4H3,(H,31,32). The fourth-order valence-corrected chi connectivity index (χ4v) is 3.90. The van der Waals surface area contributed by atoms with Crippen LogP contribution in [-0.2, 0) is 10.2 Å². The largest absolute Gasteiger partial charge is 0.465 e. The molecule has 1 aromatic carbocycles. The van der Waals surface area contributed by atoms with E-state index in [1.54, 1.807) is 20.8 Å². The number of benzene rings is 1. The van der Waals surface area contributed by atoms with Gasteiger partial charge in [-0.3, -0.25) is 4.79 Å². The molecule has 0 heterocycles. The summed E-state index contributed by atoms with van der Waals surface area (Å²) in [6.45, 7) is 3.41. The van der Waals surface area contributed by atoms with Gasteiger partial charge in [0.1, 0.15) is 0 Å². The smallest absolute Gasteiger partial charge is 0.407 e. The molecule has 7 nitrogen and oxygen atoms in total. The number of carbonyl (C=O) groups is 2. The lowest BCUT2D eigenvalue weighted by atomic mass is 9.74. The second-order valence-corrected chi connectivity index (χ2v) is 9.94. The molecule has 1 aromatic rings. The molecular formula is C20H27Cl3F2N2O5. The Morgan fingerprint density at radius 3 is 2.09 bits per heavy atom. The van der Waals surface area contributed by atoms with Crippen LogP contribution in [0.3, 0.4) is 0 Å². The second kappa shape index (κ2) is 10.7. The molecule has 0 saturated carbocycles. The molecule has 0 fully saturated rings. The normalized spacial score (nSPS) is 15.1. The zero-order valence-electron chi connectivity index (χ0n) is 18.1. The number of carboxylic acid groups (broad SMARTS) is 1. The molecule has 2 atom stereocenters. The van der Waals surface area contributed by atoms with Gasteiger partial charge < -0.3 is 25.1 Å².